The lowest BCUT2D eigenvalue weighted by Crippen LogP contribution is -2.26. The minimum Gasteiger partial charge on any atom is -0.466 e. The van der Waals surface area contributed by atoms with E-state index in [-0.39, 0.29) is 30.5 Å². The van der Waals surface area contributed by atoms with E-state index in [0.717, 1.165) is 28.1 Å². The van der Waals surface area contributed by atoms with Crippen molar-refractivity contribution in [2.45, 2.75) is 33.0 Å². The standard InChI is InChI=1S/C28H30N8O3/c1-3-39-25(37)12-14-35-27-23(5-4-13-31-27)36(28(35)38)17-18-6-11-22-21(15-18)33-24(34(22)2)16-32-20-9-7-19(8-10-20)26(29)30/h4-11,13,15,32H,3,12,14,16-17H2,1-2H3,(H3,29,30). The smallest absolute Gasteiger partial charge is 0.330 e. The third-order valence-corrected chi connectivity index (χ3v) is 6.64. The maximum atomic E-state index is 13.4. The number of imidazole rings is 2. The van der Waals surface area contributed by atoms with Crippen molar-refractivity contribution in [1.29, 1.82) is 5.41 Å². The molecule has 3 aromatic heterocycles. The Kier molecular flexibility index (Phi) is 7.13. The van der Waals surface area contributed by atoms with Crippen LogP contribution < -0.4 is 16.7 Å². The molecule has 11 nitrogen and oxygen atoms in total. The molecule has 0 spiro atoms. The number of esters is 1. The van der Waals surface area contributed by atoms with Gasteiger partial charge in [0.2, 0.25) is 0 Å². The van der Waals surface area contributed by atoms with Crippen molar-refractivity contribution in [3.63, 3.8) is 0 Å². The van der Waals surface area contributed by atoms with E-state index >= 15 is 0 Å². The average Bonchev–Trinajstić information content (AvgIpc) is 3.39. The van der Waals surface area contributed by atoms with Crippen molar-refractivity contribution >= 4 is 39.7 Å². The molecule has 4 N–H and O–H groups in total. The number of fused-ring (bicyclic) bond motifs is 2. The molecule has 0 aliphatic heterocycles. The molecule has 0 aliphatic rings. The third-order valence-electron chi connectivity index (χ3n) is 6.64. The highest BCUT2D eigenvalue weighted by Crippen LogP contribution is 2.20. The predicted octanol–water partition coefficient (Wildman–Crippen LogP) is 2.98. The first kappa shape index (κ1) is 25.7. The van der Waals surface area contributed by atoms with Gasteiger partial charge in [-0.3, -0.25) is 19.3 Å². The van der Waals surface area contributed by atoms with Gasteiger partial charge < -0.3 is 20.4 Å². The van der Waals surface area contributed by atoms with Gasteiger partial charge in [-0.05, 0) is 61.0 Å². The molecule has 0 unspecified atom stereocenters. The Morgan fingerprint density at radius 3 is 2.64 bits per heavy atom. The Balaban J connectivity index is 1.38. The number of nitrogens with zero attached hydrogens (tertiary/aromatic N) is 5. The monoisotopic (exact) mass is 526 g/mol. The number of benzene rings is 2. The SMILES string of the molecule is CCOC(=O)CCn1c(=O)n(Cc2ccc3c(c2)nc(CNc2ccc(C(=N)N)cc2)n3C)c2cccnc21. The van der Waals surface area contributed by atoms with E-state index in [1.54, 1.807) is 35.9 Å². The summed E-state index contributed by atoms with van der Waals surface area (Å²) >= 11 is 0. The summed E-state index contributed by atoms with van der Waals surface area (Å²) in [5.74, 6) is 0.544. The number of anilines is 1. The molecule has 5 aromatic rings. The van der Waals surface area contributed by atoms with Gasteiger partial charge in [0.05, 0.1) is 42.7 Å². The molecule has 39 heavy (non-hydrogen) atoms. The van der Waals surface area contributed by atoms with Gasteiger partial charge in [0.1, 0.15) is 11.7 Å². The Morgan fingerprint density at radius 2 is 1.90 bits per heavy atom. The number of nitrogens with two attached hydrogens (primary N) is 1. The quantitative estimate of drug-likeness (QED) is 0.144. The van der Waals surface area contributed by atoms with Gasteiger partial charge in [0.25, 0.3) is 0 Å². The summed E-state index contributed by atoms with van der Waals surface area (Å²) in [6, 6.07) is 17.0. The minimum absolute atomic E-state index is 0.0347. The summed E-state index contributed by atoms with van der Waals surface area (Å²) in [4.78, 5) is 34.5. The highest BCUT2D eigenvalue weighted by Gasteiger charge is 2.16. The van der Waals surface area contributed by atoms with E-state index < -0.39 is 0 Å². The van der Waals surface area contributed by atoms with Crippen molar-refractivity contribution in [3.8, 4) is 0 Å². The van der Waals surface area contributed by atoms with Gasteiger partial charge in [-0.25, -0.2) is 14.8 Å². The van der Waals surface area contributed by atoms with Gasteiger partial charge in [0, 0.05) is 31.0 Å². The van der Waals surface area contributed by atoms with E-state index in [1.807, 2.05) is 48.0 Å². The number of hydrogen-bond acceptors (Lipinski definition) is 7. The van der Waals surface area contributed by atoms with Gasteiger partial charge >= 0.3 is 11.7 Å². The topological polar surface area (TPSA) is 146 Å². The first-order valence-electron chi connectivity index (χ1n) is 12.7. The summed E-state index contributed by atoms with van der Waals surface area (Å²) in [7, 11) is 1.97. The number of pyridine rings is 1. The number of rotatable bonds is 10. The largest absolute Gasteiger partial charge is 0.466 e. The van der Waals surface area contributed by atoms with E-state index in [4.69, 9.17) is 20.9 Å². The number of aryl methyl sites for hydroxylation is 2. The highest BCUT2D eigenvalue weighted by molar-refractivity contribution is 5.95. The average molecular weight is 527 g/mol. The Labute approximate surface area is 224 Å². The van der Waals surface area contributed by atoms with Crippen LogP contribution in [0.5, 0.6) is 0 Å². The first-order chi connectivity index (χ1) is 18.9. The zero-order valence-electron chi connectivity index (χ0n) is 21.8. The van der Waals surface area contributed by atoms with Crippen LogP contribution in [0.25, 0.3) is 22.2 Å². The zero-order valence-corrected chi connectivity index (χ0v) is 21.8. The van der Waals surface area contributed by atoms with E-state index in [9.17, 15) is 9.59 Å². The maximum Gasteiger partial charge on any atom is 0.330 e. The van der Waals surface area contributed by atoms with Crippen LogP contribution >= 0.6 is 0 Å². The third kappa shape index (κ3) is 5.24. The van der Waals surface area contributed by atoms with Gasteiger partial charge in [-0.1, -0.05) is 6.07 Å². The maximum absolute atomic E-state index is 13.4. The molecule has 200 valence electrons. The van der Waals surface area contributed by atoms with Crippen molar-refractivity contribution < 1.29 is 9.53 Å². The highest BCUT2D eigenvalue weighted by atomic mass is 16.5. The molecule has 11 heteroatoms. The molecule has 0 saturated carbocycles. The fourth-order valence-corrected chi connectivity index (χ4v) is 4.62. The fourth-order valence-electron chi connectivity index (χ4n) is 4.62. The minimum atomic E-state index is -0.347. The van der Waals surface area contributed by atoms with Gasteiger partial charge in [0.15, 0.2) is 5.65 Å². The summed E-state index contributed by atoms with van der Waals surface area (Å²) in [6.07, 6.45) is 1.74. The molecular weight excluding hydrogens is 496 g/mol. The normalized spacial score (nSPS) is 11.2. The van der Waals surface area contributed by atoms with Crippen LogP contribution in [-0.2, 0) is 36.2 Å². The number of hydrogen-bond donors (Lipinski definition) is 3. The molecule has 0 atom stereocenters. The molecule has 0 aliphatic carbocycles. The second kappa shape index (κ2) is 10.8. The summed E-state index contributed by atoms with van der Waals surface area (Å²) in [5, 5.41) is 10.9. The van der Waals surface area contributed by atoms with Crippen molar-refractivity contribution in [1.82, 2.24) is 23.7 Å². The summed E-state index contributed by atoms with van der Waals surface area (Å²) < 4.78 is 10.3. The Bertz CT molecular complexity index is 1730. The molecular formula is C28H30N8O3. The lowest BCUT2D eigenvalue weighted by atomic mass is 10.2. The first-order valence-corrected chi connectivity index (χ1v) is 12.7. The van der Waals surface area contributed by atoms with Crippen LogP contribution in [0.1, 0.15) is 30.3 Å². The summed E-state index contributed by atoms with van der Waals surface area (Å²) in [5.41, 5.74) is 10.9. The molecule has 0 fully saturated rings. The van der Waals surface area contributed by atoms with Crippen molar-refractivity contribution in [3.05, 3.63) is 88.2 Å². The van der Waals surface area contributed by atoms with Crippen molar-refractivity contribution in [2.24, 2.45) is 12.8 Å². The number of carbonyl (C=O) groups excluding carboxylic acids is 1. The molecule has 0 saturated heterocycles. The lowest BCUT2D eigenvalue weighted by molar-refractivity contribution is -0.143. The molecule has 3 heterocycles. The van der Waals surface area contributed by atoms with Gasteiger partial charge in [-0.15, -0.1) is 0 Å². The van der Waals surface area contributed by atoms with Gasteiger partial charge in [-0.2, -0.15) is 0 Å². The molecule has 0 amide bonds. The van der Waals surface area contributed by atoms with Crippen LogP contribution in [0.3, 0.4) is 0 Å². The number of nitrogens with one attached hydrogen (secondary N) is 2. The Hall–Kier alpha value is -4.93. The van der Waals surface area contributed by atoms with E-state index in [0.29, 0.717) is 36.4 Å². The molecule has 2 aromatic carbocycles. The fraction of sp³-hybridized carbons (Fsp3) is 0.250. The number of amidine groups is 1. The van der Waals surface area contributed by atoms with Crippen LogP contribution in [0, 0.1) is 5.41 Å². The second-order valence-corrected chi connectivity index (χ2v) is 9.18. The number of ether oxygens (including phenoxy) is 1. The van der Waals surface area contributed by atoms with Crippen LogP contribution in [0.2, 0.25) is 0 Å². The van der Waals surface area contributed by atoms with E-state index in [2.05, 4.69) is 10.3 Å². The second-order valence-electron chi connectivity index (χ2n) is 9.18. The number of carbonyl (C=O) groups is 1. The molecule has 0 radical (unpaired) electrons. The molecule has 0 bridgehead atoms. The zero-order chi connectivity index (χ0) is 27.5. The van der Waals surface area contributed by atoms with E-state index in [1.165, 1.54) is 4.57 Å². The van der Waals surface area contributed by atoms with Crippen LogP contribution in [0.15, 0.2) is 65.6 Å². The predicted molar refractivity (Wildman–Crippen MR) is 150 cm³/mol. The van der Waals surface area contributed by atoms with Crippen LogP contribution in [0.4, 0.5) is 5.69 Å². The molecule has 5 rings (SSSR count). The van der Waals surface area contributed by atoms with Crippen LogP contribution in [-0.4, -0.2) is 42.1 Å². The Morgan fingerprint density at radius 1 is 1.10 bits per heavy atom. The number of aromatic nitrogens is 5. The number of nitrogen functional groups attached to an aromatic ring is 1. The van der Waals surface area contributed by atoms with Crippen molar-refractivity contribution in [2.75, 3.05) is 11.9 Å². The lowest BCUT2D eigenvalue weighted by Gasteiger charge is -2.07. The summed E-state index contributed by atoms with van der Waals surface area (Å²) in [6.45, 7) is 3.11.